The van der Waals surface area contributed by atoms with E-state index in [0.29, 0.717) is 11.6 Å². The number of hydrogen-bond acceptors (Lipinski definition) is 4. The molecule has 0 saturated carbocycles. The number of nitrogens with zero attached hydrogens (tertiary/aromatic N) is 1. The number of halogens is 1. The first-order valence-electron chi connectivity index (χ1n) is 9.64. The van der Waals surface area contributed by atoms with Crippen molar-refractivity contribution in [2.75, 3.05) is 19.0 Å². The van der Waals surface area contributed by atoms with Gasteiger partial charge in [0.15, 0.2) is 0 Å². The molecule has 0 spiro atoms. The molecule has 2 unspecified atom stereocenters. The third-order valence-corrected chi connectivity index (χ3v) is 5.92. The molecule has 2 atom stereocenters. The largest absolute Gasteiger partial charge is 0.453 e. The Bertz CT molecular complexity index is 989. The van der Waals surface area contributed by atoms with Crippen LogP contribution in [0.25, 0.3) is 11.3 Å². The fourth-order valence-corrected chi connectivity index (χ4v) is 4.44. The minimum Gasteiger partial charge on any atom is -0.453 e. The minimum atomic E-state index is -0.496. The van der Waals surface area contributed by atoms with E-state index in [4.69, 9.17) is 0 Å². The average molecular weight is 455 g/mol. The van der Waals surface area contributed by atoms with Gasteiger partial charge in [0.1, 0.15) is 5.82 Å². The first-order valence-corrected chi connectivity index (χ1v) is 10.4. The van der Waals surface area contributed by atoms with E-state index >= 15 is 0 Å². The number of amides is 1. The number of nitrogens with one attached hydrogen (secondary N) is 3. The van der Waals surface area contributed by atoms with Crippen molar-refractivity contribution in [2.24, 2.45) is 0 Å². The van der Waals surface area contributed by atoms with Crippen molar-refractivity contribution in [1.29, 1.82) is 0 Å². The van der Waals surface area contributed by atoms with Gasteiger partial charge in [-0.1, -0.05) is 46.3 Å². The Kier molecular flexibility index (Phi) is 5.97. The molecule has 150 valence electrons. The van der Waals surface area contributed by atoms with Gasteiger partial charge in [0.2, 0.25) is 0 Å². The van der Waals surface area contributed by atoms with Crippen LogP contribution in [0.2, 0.25) is 0 Å². The molecule has 29 heavy (non-hydrogen) atoms. The molecule has 1 aromatic heterocycles. The summed E-state index contributed by atoms with van der Waals surface area (Å²) in [7, 11) is 1.34. The Balaban J connectivity index is 1.58. The number of carbonyl (C=O) groups excluding carboxylic acids is 1. The number of piperidine rings is 1. The lowest BCUT2D eigenvalue weighted by Crippen LogP contribution is -2.33. The topological polar surface area (TPSA) is 79.0 Å². The summed E-state index contributed by atoms with van der Waals surface area (Å²) < 4.78 is 5.50. The standard InChI is InChI=1S/C22H23BrN4O2/c1-29-22(28)26-15-9-10-17(18(23)12-15)19-13-25-21(27-19)20-16(8-5-11-24-20)14-6-3-2-4-7-14/h2-4,6-7,9-10,12-13,16,20,24H,5,8,11H2,1H3,(H,25,27)(H,26,28). The Morgan fingerprint density at radius 3 is 2.83 bits per heavy atom. The molecule has 2 aromatic carbocycles. The van der Waals surface area contributed by atoms with Crippen molar-refractivity contribution in [1.82, 2.24) is 15.3 Å². The van der Waals surface area contributed by atoms with Crippen molar-refractivity contribution in [3.8, 4) is 11.3 Å². The van der Waals surface area contributed by atoms with Crippen LogP contribution in [0, 0.1) is 0 Å². The number of carbonyl (C=O) groups is 1. The number of methoxy groups -OCH3 is 1. The SMILES string of the molecule is COC(=O)Nc1ccc(-c2cnc(C3NCCCC3c3ccccc3)[nH]2)c(Br)c1. The number of H-pyrrole nitrogens is 1. The fraction of sp³-hybridized carbons (Fsp3) is 0.273. The molecule has 0 radical (unpaired) electrons. The Hall–Kier alpha value is -2.64. The van der Waals surface area contributed by atoms with Crippen molar-refractivity contribution >= 4 is 27.7 Å². The number of rotatable bonds is 4. The van der Waals surface area contributed by atoms with E-state index in [-0.39, 0.29) is 6.04 Å². The molecule has 1 fully saturated rings. The highest BCUT2D eigenvalue weighted by Gasteiger charge is 2.29. The van der Waals surface area contributed by atoms with Crippen LogP contribution in [0.15, 0.2) is 59.2 Å². The number of benzene rings is 2. The minimum absolute atomic E-state index is 0.152. The van der Waals surface area contributed by atoms with E-state index in [1.54, 1.807) is 0 Å². The highest BCUT2D eigenvalue weighted by atomic mass is 79.9. The molecule has 1 amide bonds. The highest BCUT2D eigenvalue weighted by Crippen LogP contribution is 2.37. The molecule has 2 heterocycles. The second-order valence-electron chi connectivity index (χ2n) is 7.08. The zero-order valence-electron chi connectivity index (χ0n) is 16.1. The average Bonchev–Trinajstić information content (AvgIpc) is 3.24. The molecule has 1 aliphatic heterocycles. The second-order valence-corrected chi connectivity index (χ2v) is 7.94. The molecule has 0 aliphatic carbocycles. The van der Waals surface area contributed by atoms with Gasteiger partial charge in [-0.25, -0.2) is 9.78 Å². The van der Waals surface area contributed by atoms with E-state index in [1.165, 1.54) is 12.7 Å². The number of aromatic nitrogens is 2. The van der Waals surface area contributed by atoms with Crippen molar-refractivity contribution in [3.05, 3.63) is 70.6 Å². The maximum absolute atomic E-state index is 11.4. The monoisotopic (exact) mass is 454 g/mol. The van der Waals surface area contributed by atoms with Gasteiger partial charge in [-0.05, 0) is 43.1 Å². The molecular weight excluding hydrogens is 432 g/mol. The van der Waals surface area contributed by atoms with Gasteiger partial charge in [-0.3, -0.25) is 5.32 Å². The summed E-state index contributed by atoms with van der Waals surface area (Å²) in [6.45, 7) is 0.988. The molecular formula is C22H23BrN4O2. The van der Waals surface area contributed by atoms with Gasteiger partial charge < -0.3 is 15.0 Å². The van der Waals surface area contributed by atoms with Crippen LogP contribution in [0.4, 0.5) is 10.5 Å². The predicted molar refractivity (Wildman–Crippen MR) is 117 cm³/mol. The third kappa shape index (κ3) is 4.36. The molecule has 1 saturated heterocycles. The van der Waals surface area contributed by atoms with Gasteiger partial charge in [0.05, 0.1) is 25.0 Å². The molecule has 6 nitrogen and oxygen atoms in total. The number of imidazole rings is 1. The van der Waals surface area contributed by atoms with Gasteiger partial charge in [0, 0.05) is 21.6 Å². The van der Waals surface area contributed by atoms with Gasteiger partial charge in [-0.15, -0.1) is 0 Å². The van der Waals surface area contributed by atoms with Crippen LogP contribution in [0.1, 0.15) is 36.2 Å². The summed E-state index contributed by atoms with van der Waals surface area (Å²) in [4.78, 5) is 19.6. The normalized spacial score (nSPS) is 19.0. The van der Waals surface area contributed by atoms with Gasteiger partial charge in [-0.2, -0.15) is 0 Å². The van der Waals surface area contributed by atoms with E-state index in [0.717, 1.165) is 40.9 Å². The van der Waals surface area contributed by atoms with Crippen molar-refractivity contribution in [2.45, 2.75) is 24.8 Å². The summed E-state index contributed by atoms with van der Waals surface area (Å²) in [6, 6.07) is 16.4. The van der Waals surface area contributed by atoms with Crippen LogP contribution >= 0.6 is 15.9 Å². The first-order chi connectivity index (χ1) is 14.2. The number of ether oxygens (including phenoxy) is 1. The molecule has 3 N–H and O–H groups in total. The lowest BCUT2D eigenvalue weighted by molar-refractivity contribution is 0.187. The highest BCUT2D eigenvalue weighted by molar-refractivity contribution is 9.10. The second kappa shape index (κ2) is 8.80. The van der Waals surface area contributed by atoms with Crippen LogP contribution in [0.3, 0.4) is 0 Å². The lowest BCUT2D eigenvalue weighted by atomic mass is 9.84. The van der Waals surface area contributed by atoms with Crippen molar-refractivity contribution in [3.63, 3.8) is 0 Å². The summed E-state index contributed by atoms with van der Waals surface area (Å²) in [5.41, 5.74) is 3.90. The summed E-state index contributed by atoms with van der Waals surface area (Å²) in [5, 5.41) is 6.30. The first kappa shape index (κ1) is 19.7. The Labute approximate surface area is 178 Å². The maximum atomic E-state index is 11.4. The van der Waals surface area contributed by atoms with Crippen LogP contribution < -0.4 is 10.6 Å². The molecule has 3 aromatic rings. The summed E-state index contributed by atoms with van der Waals surface area (Å²) in [6.07, 6.45) is 3.66. The zero-order chi connectivity index (χ0) is 20.2. The zero-order valence-corrected chi connectivity index (χ0v) is 17.7. The summed E-state index contributed by atoms with van der Waals surface area (Å²) >= 11 is 3.59. The number of anilines is 1. The van der Waals surface area contributed by atoms with Crippen LogP contribution in [-0.2, 0) is 4.74 Å². The maximum Gasteiger partial charge on any atom is 0.411 e. The molecule has 1 aliphatic rings. The fourth-order valence-electron chi connectivity index (χ4n) is 3.85. The quantitative estimate of drug-likeness (QED) is 0.504. The van der Waals surface area contributed by atoms with Gasteiger partial charge >= 0.3 is 6.09 Å². The number of hydrogen-bond donors (Lipinski definition) is 3. The molecule has 0 bridgehead atoms. The van der Waals surface area contributed by atoms with Crippen LogP contribution in [0.5, 0.6) is 0 Å². The smallest absolute Gasteiger partial charge is 0.411 e. The summed E-state index contributed by atoms with van der Waals surface area (Å²) in [5.74, 6) is 1.33. The third-order valence-electron chi connectivity index (χ3n) is 5.27. The lowest BCUT2D eigenvalue weighted by Gasteiger charge is -2.31. The van der Waals surface area contributed by atoms with E-state index < -0.39 is 6.09 Å². The Morgan fingerprint density at radius 1 is 1.24 bits per heavy atom. The predicted octanol–water partition coefficient (Wildman–Crippen LogP) is 5.23. The van der Waals surface area contributed by atoms with E-state index in [2.05, 4.69) is 71.6 Å². The number of aromatic amines is 1. The van der Waals surface area contributed by atoms with Crippen LogP contribution in [-0.4, -0.2) is 29.7 Å². The van der Waals surface area contributed by atoms with E-state index in [1.807, 2.05) is 24.4 Å². The van der Waals surface area contributed by atoms with E-state index in [9.17, 15) is 4.79 Å². The molecule has 7 heteroatoms. The van der Waals surface area contributed by atoms with Gasteiger partial charge in [0.25, 0.3) is 0 Å². The van der Waals surface area contributed by atoms with Crippen molar-refractivity contribution < 1.29 is 9.53 Å². The Morgan fingerprint density at radius 2 is 2.07 bits per heavy atom. The molecule has 4 rings (SSSR count).